The molecule has 0 bridgehead atoms. The molecule has 1 fully saturated rings. The molecule has 1 amide bonds. The summed E-state index contributed by atoms with van der Waals surface area (Å²) < 4.78 is 29.7. The molecule has 0 saturated carbocycles. The molecular formula is C7H12N2O5S. The highest BCUT2D eigenvalue weighted by atomic mass is 32.2. The Kier molecular flexibility index (Phi) is 3.30. The van der Waals surface area contributed by atoms with Crippen LogP contribution in [0, 0.1) is 0 Å². The van der Waals surface area contributed by atoms with Gasteiger partial charge in [0.05, 0.1) is 6.61 Å². The average Bonchev–Trinajstić information content (AvgIpc) is 2.29. The van der Waals surface area contributed by atoms with E-state index in [1.54, 1.807) is 6.92 Å². The van der Waals surface area contributed by atoms with Crippen LogP contribution in [0.2, 0.25) is 0 Å². The zero-order chi connectivity index (χ0) is 11.6. The van der Waals surface area contributed by atoms with Gasteiger partial charge in [0.15, 0.2) is 0 Å². The zero-order valence-corrected chi connectivity index (χ0v) is 9.20. The van der Waals surface area contributed by atoms with Crippen molar-refractivity contribution in [2.45, 2.75) is 19.9 Å². The summed E-state index contributed by atoms with van der Waals surface area (Å²) in [5.74, 6) is -1.40. The van der Waals surface area contributed by atoms with Crippen molar-refractivity contribution in [2.75, 3.05) is 13.2 Å². The number of ether oxygens (including phenoxy) is 1. The number of nitrogens with one attached hydrogen (secondary N) is 1. The summed E-state index contributed by atoms with van der Waals surface area (Å²) in [5.41, 5.74) is 0. The SMILES string of the molecule is CCOC(=O)CN1C(=O)[C@@H](C)NS1(=O)=O. The minimum atomic E-state index is -3.87. The number of carbonyl (C=O) groups excluding carboxylic acids is 2. The van der Waals surface area contributed by atoms with Crippen molar-refractivity contribution in [3.63, 3.8) is 0 Å². The first-order valence-electron chi connectivity index (χ1n) is 4.38. The minimum Gasteiger partial charge on any atom is -0.465 e. The van der Waals surface area contributed by atoms with Crippen LogP contribution in [-0.4, -0.2) is 43.8 Å². The Morgan fingerprint density at radius 1 is 1.60 bits per heavy atom. The third-order valence-electron chi connectivity index (χ3n) is 1.81. The normalized spacial score (nSPS) is 24.3. The number of rotatable bonds is 3. The highest BCUT2D eigenvalue weighted by molar-refractivity contribution is 7.88. The van der Waals surface area contributed by atoms with Crippen LogP contribution in [0.4, 0.5) is 0 Å². The standard InChI is InChI=1S/C7H12N2O5S/c1-3-14-6(10)4-9-7(11)5(2)8-15(9,12)13/h5,8H,3-4H2,1-2H3/t5-/m1/s1. The number of amides is 1. The summed E-state index contributed by atoms with van der Waals surface area (Å²) in [7, 11) is -3.87. The molecule has 1 N–H and O–H groups in total. The number of nitrogens with zero attached hydrogens (tertiary/aromatic N) is 1. The number of carbonyl (C=O) groups is 2. The Hall–Kier alpha value is -1.15. The summed E-state index contributed by atoms with van der Waals surface area (Å²) in [6, 6.07) is -0.829. The maximum Gasteiger partial charge on any atom is 0.326 e. The molecule has 8 heteroatoms. The largest absolute Gasteiger partial charge is 0.465 e. The number of hydrogen-bond acceptors (Lipinski definition) is 5. The third-order valence-corrected chi connectivity index (χ3v) is 3.35. The van der Waals surface area contributed by atoms with Gasteiger partial charge in [0.1, 0.15) is 12.6 Å². The van der Waals surface area contributed by atoms with Crippen molar-refractivity contribution >= 4 is 22.1 Å². The Balaban J connectivity index is 2.77. The molecule has 1 heterocycles. The van der Waals surface area contributed by atoms with Crippen molar-refractivity contribution < 1.29 is 22.7 Å². The fraction of sp³-hybridized carbons (Fsp3) is 0.714. The lowest BCUT2D eigenvalue weighted by molar-refractivity contribution is -0.145. The highest BCUT2D eigenvalue weighted by Gasteiger charge is 2.41. The fourth-order valence-corrected chi connectivity index (χ4v) is 2.50. The van der Waals surface area contributed by atoms with Gasteiger partial charge in [-0.05, 0) is 13.8 Å². The molecule has 15 heavy (non-hydrogen) atoms. The second-order valence-corrected chi connectivity index (χ2v) is 4.62. The van der Waals surface area contributed by atoms with Crippen LogP contribution in [0.5, 0.6) is 0 Å². The lowest BCUT2D eigenvalue weighted by Gasteiger charge is -2.12. The fourth-order valence-electron chi connectivity index (χ4n) is 1.16. The second-order valence-electron chi connectivity index (χ2n) is 2.99. The van der Waals surface area contributed by atoms with Crippen LogP contribution >= 0.6 is 0 Å². The minimum absolute atomic E-state index is 0.143. The van der Waals surface area contributed by atoms with Crippen LogP contribution in [-0.2, 0) is 24.5 Å². The summed E-state index contributed by atoms with van der Waals surface area (Å²) in [4.78, 5) is 22.4. The van der Waals surface area contributed by atoms with E-state index in [-0.39, 0.29) is 6.61 Å². The molecule has 1 saturated heterocycles. The summed E-state index contributed by atoms with van der Waals surface area (Å²) in [6.45, 7) is 2.57. The average molecular weight is 236 g/mol. The van der Waals surface area contributed by atoms with Crippen LogP contribution in [0.3, 0.4) is 0 Å². The van der Waals surface area contributed by atoms with Gasteiger partial charge in [-0.2, -0.15) is 13.1 Å². The predicted octanol–water partition coefficient (Wildman–Crippen LogP) is -1.39. The molecule has 1 atom stereocenters. The molecule has 1 aliphatic heterocycles. The lowest BCUT2D eigenvalue weighted by atomic mass is 10.3. The van der Waals surface area contributed by atoms with Gasteiger partial charge >= 0.3 is 16.2 Å². The Morgan fingerprint density at radius 2 is 2.20 bits per heavy atom. The maximum absolute atomic E-state index is 11.3. The van der Waals surface area contributed by atoms with Gasteiger partial charge in [-0.1, -0.05) is 0 Å². The first-order valence-corrected chi connectivity index (χ1v) is 5.82. The van der Waals surface area contributed by atoms with Gasteiger partial charge in [-0.15, -0.1) is 0 Å². The van der Waals surface area contributed by atoms with Gasteiger partial charge in [0, 0.05) is 0 Å². The van der Waals surface area contributed by atoms with Gasteiger partial charge in [0.25, 0.3) is 5.91 Å². The van der Waals surface area contributed by atoms with E-state index in [9.17, 15) is 18.0 Å². The van der Waals surface area contributed by atoms with Crippen molar-refractivity contribution in [1.82, 2.24) is 9.03 Å². The van der Waals surface area contributed by atoms with Gasteiger partial charge in [-0.3, -0.25) is 9.59 Å². The molecule has 1 aliphatic rings. The number of esters is 1. The van der Waals surface area contributed by atoms with Crippen molar-refractivity contribution in [2.24, 2.45) is 0 Å². The quantitative estimate of drug-likeness (QED) is 0.609. The zero-order valence-electron chi connectivity index (χ0n) is 8.39. The smallest absolute Gasteiger partial charge is 0.326 e. The monoisotopic (exact) mass is 236 g/mol. The second kappa shape index (κ2) is 4.15. The molecular weight excluding hydrogens is 224 g/mol. The van der Waals surface area contributed by atoms with Gasteiger partial charge in [0.2, 0.25) is 0 Å². The van der Waals surface area contributed by atoms with Crippen LogP contribution in [0.25, 0.3) is 0 Å². The van der Waals surface area contributed by atoms with E-state index in [4.69, 9.17) is 0 Å². The van der Waals surface area contributed by atoms with E-state index < -0.39 is 34.7 Å². The summed E-state index contributed by atoms with van der Waals surface area (Å²) in [6.07, 6.45) is 0. The Bertz CT molecular complexity index is 377. The van der Waals surface area contributed by atoms with Crippen LogP contribution in [0.1, 0.15) is 13.8 Å². The van der Waals surface area contributed by atoms with E-state index in [0.717, 1.165) is 0 Å². The van der Waals surface area contributed by atoms with Crippen molar-refractivity contribution in [3.05, 3.63) is 0 Å². The van der Waals surface area contributed by atoms with E-state index in [1.165, 1.54) is 6.92 Å². The molecule has 0 aromatic rings. The Labute approximate surface area is 87.6 Å². The van der Waals surface area contributed by atoms with E-state index in [2.05, 4.69) is 9.46 Å². The van der Waals surface area contributed by atoms with Gasteiger partial charge < -0.3 is 4.74 Å². The summed E-state index contributed by atoms with van der Waals surface area (Å²) in [5, 5.41) is 0. The first kappa shape index (κ1) is 11.9. The van der Waals surface area contributed by atoms with Crippen molar-refractivity contribution in [1.29, 1.82) is 0 Å². The molecule has 1 rings (SSSR count). The number of hydrogen-bond donors (Lipinski definition) is 1. The molecule has 0 unspecified atom stereocenters. The Morgan fingerprint density at radius 3 is 2.60 bits per heavy atom. The predicted molar refractivity (Wildman–Crippen MR) is 49.9 cm³/mol. The third kappa shape index (κ3) is 2.45. The van der Waals surface area contributed by atoms with E-state index >= 15 is 0 Å². The molecule has 0 aliphatic carbocycles. The summed E-state index contributed by atoms with van der Waals surface area (Å²) >= 11 is 0. The molecule has 86 valence electrons. The molecule has 0 spiro atoms. The highest BCUT2D eigenvalue weighted by Crippen LogP contribution is 2.11. The topological polar surface area (TPSA) is 92.8 Å². The molecule has 0 radical (unpaired) electrons. The van der Waals surface area contributed by atoms with Crippen molar-refractivity contribution in [3.8, 4) is 0 Å². The van der Waals surface area contributed by atoms with Crippen LogP contribution in [0.15, 0.2) is 0 Å². The maximum atomic E-state index is 11.3. The van der Waals surface area contributed by atoms with E-state index in [1.807, 2.05) is 0 Å². The molecule has 0 aromatic carbocycles. The van der Waals surface area contributed by atoms with Gasteiger partial charge in [-0.25, -0.2) is 4.31 Å². The van der Waals surface area contributed by atoms with Crippen LogP contribution < -0.4 is 4.72 Å². The molecule has 7 nitrogen and oxygen atoms in total. The molecule has 0 aromatic heterocycles. The first-order chi connectivity index (χ1) is 6.88. The lowest BCUT2D eigenvalue weighted by Crippen LogP contribution is -2.37. The van der Waals surface area contributed by atoms with E-state index in [0.29, 0.717) is 4.31 Å².